The fraction of sp³-hybridized carbons (Fsp3) is 0. The number of nitrogens with two attached hydrogens (primary N) is 1. The van der Waals surface area contributed by atoms with Crippen LogP contribution in [0.5, 0.6) is 0 Å². The summed E-state index contributed by atoms with van der Waals surface area (Å²) in [5.41, 5.74) is 19.5. The summed E-state index contributed by atoms with van der Waals surface area (Å²) in [7, 11) is 0. The Labute approximate surface area is 299 Å². The van der Waals surface area contributed by atoms with Gasteiger partial charge in [-0.25, -0.2) is 0 Å². The highest BCUT2D eigenvalue weighted by Gasteiger charge is 2.22. The molecule has 9 aromatic rings. The number of benzene rings is 9. The summed E-state index contributed by atoms with van der Waals surface area (Å²) in [5.74, 6) is 0. The molecule has 9 rings (SSSR count). The molecule has 0 saturated carbocycles. The van der Waals surface area contributed by atoms with Crippen molar-refractivity contribution in [1.29, 1.82) is 0 Å². The van der Waals surface area contributed by atoms with Crippen molar-refractivity contribution in [2.24, 2.45) is 0 Å². The van der Waals surface area contributed by atoms with Crippen molar-refractivity contribution < 1.29 is 0 Å². The lowest BCUT2D eigenvalue weighted by Gasteiger charge is -2.22. The Morgan fingerprint density at radius 1 is 0.216 bits per heavy atom. The van der Waals surface area contributed by atoms with Crippen LogP contribution in [-0.4, -0.2) is 0 Å². The molecular weight excluding hydrogens is 615 g/mol. The molecule has 1 heteroatoms. The largest absolute Gasteiger partial charge is 0.398 e. The van der Waals surface area contributed by atoms with Crippen LogP contribution >= 0.6 is 0 Å². The normalized spacial score (nSPS) is 10.8. The van der Waals surface area contributed by atoms with E-state index >= 15 is 0 Å². The molecule has 0 bridgehead atoms. The quantitative estimate of drug-likeness (QED) is 0.145. The highest BCUT2D eigenvalue weighted by Crippen LogP contribution is 2.49. The predicted octanol–water partition coefficient (Wildman–Crippen LogP) is 13.6. The molecule has 0 aromatic heterocycles. The van der Waals surface area contributed by atoms with Crippen LogP contribution < -0.4 is 5.73 Å². The summed E-state index contributed by atoms with van der Waals surface area (Å²) in [6.07, 6.45) is 0. The molecule has 0 amide bonds. The molecule has 0 saturated heterocycles. The van der Waals surface area contributed by atoms with Gasteiger partial charge in [0.25, 0.3) is 0 Å². The van der Waals surface area contributed by atoms with Crippen LogP contribution in [0.4, 0.5) is 5.69 Å². The molecule has 1 nitrogen and oxygen atoms in total. The van der Waals surface area contributed by atoms with Gasteiger partial charge >= 0.3 is 0 Å². The van der Waals surface area contributed by atoms with Crippen LogP contribution in [0, 0.1) is 0 Å². The average molecular weight is 652 g/mol. The van der Waals surface area contributed by atoms with E-state index in [4.69, 9.17) is 5.73 Å². The van der Waals surface area contributed by atoms with Gasteiger partial charge in [-0.1, -0.05) is 206 Å². The van der Waals surface area contributed by atoms with Gasteiger partial charge in [-0.05, 0) is 77.7 Å². The second-order valence-corrected chi connectivity index (χ2v) is 12.6. The lowest BCUT2D eigenvalue weighted by atomic mass is 9.81. The van der Waals surface area contributed by atoms with Crippen LogP contribution in [-0.2, 0) is 0 Å². The maximum atomic E-state index is 6.76. The van der Waals surface area contributed by atoms with Gasteiger partial charge in [0.15, 0.2) is 0 Å². The molecular formula is C50H37N. The highest BCUT2D eigenvalue weighted by molar-refractivity contribution is 6.23. The molecule has 0 atom stereocenters. The Hall–Kier alpha value is -6.70. The average Bonchev–Trinajstić information content (AvgIpc) is 3.22. The van der Waals surface area contributed by atoms with Crippen LogP contribution in [0.1, 0.15) is 0 Å². The Balaban J connectivity index is 0.000000263. The van der Waals surface area contributed by atoms with Crippen LogP contribution in [0.25, 0.3) is 77.2 Å². The number of anilines is 1. The summed E-state index contributed by atoms with van der Waals surface area (Å²) >= 11 is 0. The third kappa shape index (κ3) is 6.30. The monoisotopic (exact) mass is 651 g/mol. The van der Waals surface area contributed by atoms with Crippen molar-refractivity contribution in [3.63, 3.8) is 0 Å². The zero-order valence-corrected chi connectivity index (χ0v) is 28.3. The molecule has 0 fully saturated rings. The summed E-state index contributed by atoms with van der Waals surface area (Å²) in [6.45, 7) is 0. The van der Waals surface area contributed by atoms with Gasteiger partial charge in [0.05, 0.1) is 0 Å². The van der Waals surface area contributed by atoms with E-state index in [2.05, 4.69) is 200 Å². The highest BCUT2D eigenvalue weighted by atomic mass is 14.6. The summed E-state index contributed by atoms with van der Waals surface area (Å²) < 4.78 is 0. The molecule has 0 aliphatic heterocycles. The Kier molecular flexibility index (Phi) is 8.92. The molecule has 9 aromatic carbocycles. The number of hydrogen-bond donors (Lipinski definition) is 1. The van der Waals surface area contributed by atoms with Crippen molar-refractivity contribution in [3.8, 4) is 55.6 Å². The third-order valence-electron chi connectivity index (χ3n) is 9.51. The van der Waals surface area contributed by atoms with Crippen molar-refractivity contribution in [2.45, 2.75) is 0 Å². The van der Waals surface area contributed by atoms with E-state index in [0.717, 1.165) is 27.9 Å². The second kappa shape index (κ2) is 14.4. The molecule has 51 heavy (non-hydrogen) atoms. The summed E-state index contributed by atoms with van der Waals surface area (Å²) in [4.78, 5) is 0. The van der Waals surface area contributed by atoms with E-state index in [1.54, 1.807) is 0 Å². The molecule has 0 aliphatic rings. The molecule has 242 valence electrons. The molecule has 0 radical (unpaired) electrons. The van der Waals surface area contributed by atoms with E-state index in [1.165, 1.54) is 54.9 Å². The van der Waals surface area contributed by atoms with Gasteiger partial charge < -0.3 is 5.73 Å². The predicted molar refractivity (Wildman–Crippen MR) is 219 cm³/mol. The van der Waals surface area contributed by atoms with E-state index in [-0.39, 0.29) is 0 Å². The van der Waals surface area contributed by atoms with E-state index in [0.29, 0.717) is 0 Å². The molecule has 0 spiro atoms. The number of rotatable bonds is 5. The van der Waals surface area contributed by atoms with Crippen molar-refractivity contribution in [1.82, 2.24) is 0 Å². The van der Waals surface area contributed by atoms with Gasteiger partial charge in [-0.3, -0.25) is 0 Å². The standard InChI is InChI=1S/C38H27N.C12H10/c39-34-25-24-33(36(27-16-6-2-7-17-27)37(34)28-18-8-3-9-19-28)38-31-22-12-10-20-29(31)35(26-14-4-1-5-15-26)30-21-11-13-23-32(30)38;1-3-7-11(8-4-1)12-9-5-2-6-10-12/h1-25H,39H2;1-10H. The lowest BCUT2D eigenvalue weighted by Crippen LogP contribution is -1.98. The smallest absolute Gasteiger partial charge is 0.0400 e. The fourth-order valence-electron chi connectivity index (χ4n) is 7.24. The first-order chi connectivity index (χ1) is 25.3. The molecule has 0 aliphatic carbocycles. The van der Waals surface area contributed by atoms with Crippen LogP contribution in [0.2, 0.25) is 0 Å². The minimum atomic E-state index is 0.776. The van der Waals surface area contributed by atoms with E-state index in [1.807, 2.05) is 12.1 Å². The Bertz CT molecular complexity index is 2450. The first-order valence-corrected chi connectivity index (χ1v) is 17.4. The minimum absolute atomic E-state index is 0.776. The SMILES string of the molecule is Nc1ccc(-c2c3ccccc3c(-c3ccccc3)c3ccccc23)c(-c2ccccc2)c1-c1ccccc1.c1ccc(-c2ccccc2)cc1. The molecule has 0 heterocycles. The zero-order valence-electron chi connectivity index (χ0n) is 28.3. The Morgan fingerprint density at radius 3 is 0.902 bits per heavy atom. The lowest BCUT2D eigenvalue weighted by molar-refractivity contribution is 1.57. The molecule has 0 unspecified atom stereocenters. The van der Waals surface area contributed by atoms with E-state index < -0.39 is 0 Å². The van der Waals surface area contributed by atoms with Gasteiger partial charge in [-0.15, -0.1) is 0 Å². The Morgan fingerprint density at radius 2 is 0.510 bits per heavy atom. The maximum Gasteiger partial charge on any atom is 0.0400 e. The number of nitrogen functional groups attached to an aromatic ring is 1. The summed E-state index contributed by atoms with van der Waals surface area (Å²) in [6, 6.07) is 74.6. The first kappa shape index (κ1) is 31.6. The number of hydrogen-bond acceptors (Lipinski definition) is 1. The topological polar surface area (TPSA) is 26.0 Å². The maximum absolute atomic E-state index is 6.76. The third-order valence-corrected chi connectivity index (χ3v) is 9.51. The van der Waals surface area contributed by atoms with Gasteiger partial charge in [0.1, 0.15) is 0 Å². The number of fused-ring (bicyclic) bond motifs is 2. The van der Waals surface area contributed by atoms with E-state index in [9.17, 15) is 0 Å². The van der Waals surface area contributed by atoms with Crippen LogP contribution in [0.3, 0.4) is 0 Å². The van der Waals surface area contributed by atoms with Crippen molar-refractivity contribution in [2.75, 3.05) is 5.73 Å². The fourth-order valence-corrected chi connectivity index (χ4v) is 7.24. The van der Waals surface area contributed by atoms with Gasteiger partial charge in [0, 0.05) is 11.3 Å². The van der Waals surface area contributed by atoms with Crippen LogP contribution in [0.15, 0.2) is 212 Å². The molecule has 2 N–H and O–H groups in total. The minimum Gasteiger partial charge on any atom is -0.398 e. The van der Waals surface area contributed by atoms with Crippen molar-refractivity contribution in [3.05, 3.63) is 212 Å². The van der Waals surface area contributed by atoms with Gasteiger partial charge in [-0.2, -0.15) is 0 Å². The summed E-state index contributed by atoms with van der Waals surface area (Å²) in [5, 5.41) is 4.95. The van der Waals surface area contributed by atoms with Gasteiger partial charge in [0.2, 0.25) is 0 Å². The first-order valence-electron chi connectivity index (χ1n) is 17.4. The second-order valence-electron chi connectivity index (χ2n) is 12.6. The van der Waals surface area contributed by atoms with Crippen molar-refractivity contribution >= 4 is 27.2 Å². The zero-order chi connectivity index (χ0) is 34.4.